The minimum Gasteiger partial charge on any atom is -0.347 e. The molecule has 0 aliphatic rings. The van der Waals surface area contributed by atoms with Crippen LogP contribution in [0.25, 0.3) is 16.9 Å². The number of anilines is 1. The minimum atomic E-state index is -0.230. The Morgan fingerprint density at radius 1 is 0.879 bits per heavy atom. The highest BCUT2D eigenvalue weighted by Gasteiger charge is 2.10. The second-order valence-electron chi connectivity index (χ2n) is 7.32. The third kappa shape index (κ3) is 4.51. The molecule has 0 spiro atoms. The Balaban J connectivity index is 1.21. The summed E-state index contributed by atoms with van der Waals surface area (Å²) in [5, 5.41) is 7.60. The molecule has 0 unspecified atom stereocenters. The van der Waals surface area contributed by atoms with Crippen molar-refractivity contribution in [2.75, 3.05) is 5.32 Å². The quantitative estimate of drug-likeness (QED) is 0.391. The molecule has 0 saturated heterocycles. The first-order valence-electron chi connectivity index (χ1n) is 10.3. The number of nitrogens with zero attached hydrogens (tertiary/aromatic N) is 3. The van der Waals surface area contributed by atoms with E-state index in [0.29, 0.717) is 22.7 Å². The van der Waals surface area contributed by atoms with Crippen LogP contribution in [0.1, 0.15) is 25.6 Å². The van der Waals surface area contributed by atoms with E-state index in [1.807, 2.05) is 64.5 Å². The first-order valence-corrected chi connectivity index (χ1v) is 11.2. The van der Waals surface area contributed by atoms with E-state index in [9.17, 15) is 9.59 Å². The number of thiophene rings is 1. The molecule has 0 aliphatic heterocycles. The van der Waals surface area contributed by atoms with E-state index >= 15 is 0 Å². The number of carbonyl (C=O) groups is 2. The fraction of sp³-hybridized carbons (Fsp3) is 0.0400. The lowest BCUT2D eigenvalue weighted by Crippen LogP contribution is -2.21. The number of fused-ring (bicyclic) bond motifs is 1. The lowest BCUT2D eigenvalue weighted by Gasteiger charge is -2.08. The second kappa shape index (κ2) is 9.05. The van der Waals surface area contributed by atoms with Crippen molar-refractivity contribution in [1.82, 2.24) is 19.9 Å². The van der Waals surface area contributed by atoms with Crippen LogP contribution in [0.4, 0.5) is 5.69 Å². The van der Waals surface area contributed by atoms with Crippen LogP contribution in [-0.4, -0.2) is 26.3 Å². The first kappa shape index (κ1) is 20.6. The lowest BCUT2D eigenvalue weighted by atomic mass is 10.1. The summed E-state index contributed by atoms with van der Waals surface area (Å²) in [6.45, 7) is 0.396. The van der Waals surface area contributed by atoms with E-state index in [2.05, 4.69) is 20.6 Å². The molecule has 0 fully saturated rings. The SMILES string of the molecule is O=C(Nc1ccc(-n2cnc3ccccc32)nc1)c1ccc(CNC(=O)c2cccs2)cc1. The number of benzene rings is 2. The van der Waals surface area contributed by atoms with E-state index in [1.54, 1.807) is 30.7 Å². The predicted octanol–water partition coefficient (Wildman–Crippen LogP) is 4.66. The Morgan fingerprint density at radius 3 is 2.48 bits per heavy atom. The number of carbonyl (C=O) groups excluding carboxylic acids is 2. The van der Waals surface area contributed by atoms with Gasteiger partial charge in [-0.15, -0.1) is 11.3 Å². The van der Waals surface area contributed by atoms with E-state index in [-0.39, 0.29) is 11.8 Å². The molecule has 2 amide bonds. The van der Waals surface area contributed by atoms with Crippen LogP contribution >= 0.6 is 11.3 Å². The maximum atomic E-state index is 12.6. The van der Waals surface area contributed by atoms with E-state index in [4.69, 9.17) is 0 Å². The minimum absolute atomic E-state index is 0.105. The summed E-state index contributed by atoms with van der Waals surface area (Å²) in [5.41, 5.74) is 3.89. The Bertz CT molecular complexity index is 1410. The van der Waals surface area contributed by atoms with Gasteiger partial charge in [0.05, 0.1) is 27.8 Å². The number of rotatable bonds is 6. The van der Waals surface area contributed by atoms with Gasteiger partial charge in [0.15, 0.2) is 0 Å². The summed E-state index contributed by atoms with van der Waals surface area (Å²) >= 11 is 1.40. The van der Waals surface area contributed by atoms with Crippen molar-refractivity contribution in [1.29, 1.82) is 0 Å². The predicted molar refractivity (Wildman–Crippen MR) is 129 cm³/mol. The fourth-order valence-electron chi connectivity index (χ4n) is 3.40. The zero-order valence-corrected chi connectivity index (χ0v) is 18.3. The molecule has 7 nitrogen and oxygen atoms in total. The van der Waals surface area contributed by atoms with Gasteiger partial charge in [-0.25, -0.2) is 9.97 Å². The molecule has 5 rings (SSSR count). The lowest BCUT2D eigenvalue weighted by molar-refractivity contribution is 0.0953. The van der Waals surface area contributed by atoms with Crippen LogP contribution in [0.15, 0.2) is 90.7 Å². The molecule has 162 valence electrons. The van der Waals surface area contributed by atoms with Gasteiger partial charge in [0, 0.05) is 12.1 Å². The third-order valence-electron chi connectivity index (χ3n) is 5.12. The summed E-state index contributed by atoms with van der Waals surface area (Å²) in [7, 11) is 0. The molecule has 5 aromatic rings. The van der Waals surface area contributed by atoms with E-state index in [0.717, 1.165) is 22.4 Å². The first-order chi connectivity index (χ1) is 16.2. The monoisotopic (exact) mass is 453 g/mol. The highest BCUT2D eigenvalue weighted by Crippen LogP contribution is 2.18. The molecule has 0 aliphatic carbocycles. The van der Waals surface area contributed by atoms with Gasteiger partial charge in [0.25, 0.3) is 11.8 Å². The molecule has 33 heavy (non-hydrogen) atoms. The van der Waals surface area contributed by atoms with Crippen molar-refractivity contribution in [2.45, 2.75) is 6.54 Å². The van der Waals surface area contributed by atoms with Crippen LogP contribution in [0, 0.1) is 0 Å². The molecule has 2 N–H and O–H groups in total. The molecule has 8 heteroatoms. The summed E-state index contributed by atoms with van der Waals surface area (Å²) in [6, 6.07) is 22.2. The number of hydrogen-bond donors (Lipinski definition) is 2. The zero-order chi connectivity index (χ0) is 22.6. The van der Waals surface area contributed by atoms with Crippen molar-refractivity contribution in [2.24, 2.45) is 0 Å². The average molecular weight is 454 g/mol. The molecular formula is C25H19N5O2S. The van der Waals surface area contributed by atoms with Gasteiger partial charge in [-0.05, 0) is 53.4 Å². The largest absolute Gasteiger partial charge is 0.347 e. The molecule has 2 aromatic carbocycles. The molecule has 0 bridgehead atoms. The van der Waals surface area contributed by atoms with Crippen LogP contribution < -0.4 is 10.6 Å². The maximum absolute atomic E-state index is 12.6. The Morgan fingerprint density at radius 2 is 1.73 bits per heavy atom. The number of para-hydroxylation sites is 2. The summed E-state index contributed by atoms with van der Waals surface area (Å²) < 4.78 is 1.90. The topological polar surface area (TPSA) is 88.9 Å². The molecule has 3 heterocycles. The van der Waals surface area contributed by atoms with Gasteiger partial charge < -0.3 is 10.6 Å². The summed E-state index contributed by atoms with van der Waals surface area (Å²) in [4.78, 5) is 34.2. The fourth-order valence-corrected chi connectivity index (χ4v) is 4.04. The summed E-state index contributed by atoms with van der Waals surface area (Å²) in [5.74, 6) is 0.383. The zero-order valence-electron chi connectivity index (χ0n) is 17.4. The van der Waals surface area contributed by atoms with Crippen LogP contribution in [0.5, 0.6) is 0 Å². The standard InChI is InChI=1S/C25H19N5O2S/c31-24(18-9-7-17(8-10-18)14-27-25(32)22-6-3-13-33-22)29-19-11-12-23(26-15-19)30-16-28-20-4-1-2-5-21(20)30/h1-13,15-16H,14H2,(H,27,32)(H,29,31). The van der Waals surface area contributed by atoms with Gasteiger partial charge in [-0.3, -0.25) is 14.2 Å². The third-order valence-corrected chi connectivity index (χ3v) is 5.99. The van der Waals surface area contributed by atoms with Crippen molar-refractivity contribution >= 4 is 39.9 Å². The molecule has 0 radical (unpaired) electrons. The molecule has 0 saturated carbocycles. The van der Waals surface area contributed by atoms with Crippen molar-refractivity contribution < 1.29 is 9.59 Å². The smallest absolute Gasteiger partial charge is 0.261 e. The highest BCUT2D eigenvalue weighted by molar-refractivity contribution is 7.12. The number of pyridine rings is 1. The number of amides is 2. The summed E-state index contributed by atoms with van der Waals surface area (Å²) in [6.07, 6.45) is 3.35. The molecule has 3 aromatic heterocycles. The van der Waals surface area contributed by atoms with Crippen molar-refractivity contribution in [3.05, 3.63) is 107 Å². The van der Waals surface area contributed by atoms with Gasteiger partial charge >= 0.3 is 0 Å². The number of imidazole rings is 1. The van der Waals surface area contributed by atoms with Crippen molar-refractivity contribution in [3.8, 4) is 5.82 Å². The van der Waals surface area contributed by atoms with Gasteiger partial charge in [0.1, 0.15) is 12.1 Å². The number of aromatic nitrogens is 3. The Kier molecular flexibility index (Phi) is 5.65. The normalized spacial score (nSPS) is 10.8. The van der Waals surface area contributed by atoms with Crippen LogP contribution in [0.3, 0.4) is 0 Å². The van der Waals surface area contributed by atoms with E-state index < -0.39 is 0 Å². The number of nitrogens with one attached hydrogen (secondary N) is 2. The van der Waals surface area contributed by atoms with Gasteiger partial charge in [-0.1, -0.05) is 30.3 Å². The molecular weight excluding hydrogens is 434 g/mol. The Labute approximate surface area is 193 Å². The van der Waals surface area contributed by atoms with Crippen LogP contribution in [0.2, 0.25) is 0 Å². The maximum Gasteiger partial charge on any atom is 0.261 e. The average Bonchev–Trinajstić information content (AvgIpc) is 3.54. The molecule has 0 atom stereocenters. The number of hydrogen-bond acceptors (Lipinski definition) is 5. The van der Waals surface area contributed by atoms with E-state index in [1.165, 1.54) is 11.3 Å². The highest BCUT2D eigenvalue weighted by atomic mass is 32.1. The van der Waals surface area contributed by atoms with Crippen LogP contribution in [-0.2, 0) is 6.54 Å². The Hall–Kier alpha value is -4.30. The van der Waals surface area contributed by atoms with Crippen molar-refractivity contribution in [3.63, 3.8) is 0 Å². The second-order valence-corrected chi connectivity index (χ2v) is 8.27. The van der Waals surface area contributed by atoms with Gasteiger partial charge in [0.2, 0.25) is 0 Å². The van der Waals surface area contributed by atoms with Gasteiger partial charge in [-0.2, -0.15) is 0 Å².